The van der Waals surface area contributed by atoms with Gasteiger partial charge in [-0.15, -0.1) is 12.4 Å². The van der Waals surface area contributed by atoms with Gasteiger partial charge in [-0.3, -0.25) is 14.5 Å². The molecule has 4 amide bonds. The number of hydrogen-bond acceptors (Lipinski definition) is 4. The zero-order valence-electron chi connectivity index (χ0n) is 13.7. The molecule has 0 saturated carbocycles. The second kappa shape index (κ2) is 8.95. The normalized spacial score (nSPS) is 17.7. The van der Waals surface area contributed by atoms with E-state index in [1.54, 1.807) is 0 Å². The summed E-state index contributed by atoms with van der Waals surface area (Å²) in [5.74, 6) is -0.640. The lowest BCUT2D eigenvalue weighted by molar-refractivity contribution is -0.135. The highest BCUT2D eigenvalue weighted by Crippen LogP contribution is 2.24. The maximum atomic E-state index is 12.3. The summed E-state index contributed by atoms with van der Waals surface area (Å²) in [6.45, 7) is 8.69. The van der Waals surface area contributed by atoms with Crippen LogP contribution in [-0.4, -0.2) is 54.0 Å². The maximum absolute atomic E-state index is 12.3. The lowest BCUT2D eigenvalue weighted by Gasteiger charge is -2.23. The van der Waals surface area contributed by atoms with Crippen molar-refractivity contribution in [1.29, 1.82) is 0 Å². The van der Waals surface area contributed by atoms with Gasteiger partial charge in [-0.2, -0.15) is 0 Å². The molecule has 0 unspecified atom stereocenters. The summed E-state index contributed by atoms with van der Waals surface area (Å²) in [5.41, 5.74) is -0.853. The first-order chi connectivity index (χ1) is 9.90. The van der Waals surface area contributed by atoms with Gasteiger partial charge in [-0.1, -0.05) is 20.8 Å². The van der Waals surface area contributed by atoms with Crippen LogP contribution in [0.3, 0.4) is 0 Å². The van der Waals surface area contributed by atoms with E-state index in [0.717, 1.165) is 11.4 Å². The predicted molar refractivity (Wildman–Crippen MR) is 87.0 cm³/mol. The average Bonchev–Trinajstić information content (AvgIpc) is 2.70. The number of nitrogens with zero attached hydrogens (tertiary/aromatic N) is 1. The summed E-state index contributed by atoms with van der Waals surface area (Å²) in [6.07, 6.45) is 1.04. The van der Waals surface area contributed by atoms with E-state index in [2.05, 4.69) is 16.0 Å². The smallest absolute Gasteiger partial charge is 0.325 e. The highest BCUT2D eigenvalue weighted by atomic mass is 35.5. The van der Waals surface area contributed by atoms with Crippen LogP contribution in [0.4, 0.5) is 4.79 Å². The van der Waals surface area contributed by atoms with Crippen LogP contribution in [-0.2, 0) is 9.59 Å². The predicted octanol–water partition coefficient (Wildman–Crippen LogP) is 0.633. The molecule has 1 fully saturated rings. The fraction of sp³-hybridized carbons (Fsp3) is 0.786. The molecule has 8 heteroatoms. The van der Waals surface area contributed by atoms with Gasteiger partial charge >= 0.3 is 6.03 Å². The van der Waals surface area contributed by atoms with E-state index in [-0.39, 0.29) is 36.8 Å². The lowest BCUT2D eigenvalue weighted by Crippen LogP contribution is -2.47. The minimum absolute atomic E-state index is 0. The molecule has 128 valence electrons. The van der Waals surface area contributed by atoms with Gasteiger partial charge in [0.2, 0.25) is 5.91 Å². The molecule has 0 aromatic carbocycles. The Morgan fingerprint density at radius 2 is 1.86 bits per heavy atom. The topological polar surface area (TPSA) is 90.5 Å². The van der Waals surface area contributed by atoms with E-state index in [1.807, 2.05) is 27.7 Å². The van der Waals surface area contributed by atoms with E-state index >= 15 is 0 Å². The van der Waals surface area contributed by atoms with Crippen molar-refractivity contribution in [3.05, 3.63) is 0 Å². The standard InChI is InChI=1S/C14H26N4O3.ClH/c1-5-14(6-2)12(20)18(13(21)17-14)9-11(19)16-8-10(4)15-7-3;/h10,15H,5-9H2,1-4H3,(H,16,19)(H,17,21);1H/t10-;/m1./s1. The quantitative estimate of drug-likeness (QED) is 0.568. The van der Waals surface area contributed by atoms with E-state index in [1.165, 1.54) is 0 Å². The molecule has 0 aromatic rings. The molecule has 1 aliphatic heterocycles. The van der Waals surface area contributed by atoms with Crippen molar-refractivity contribution in [2.24, 2.45) is 0 Å². The first-order valence-electron chi connectivity index (χ1n) is 7.54. The summed E-state index contributed by atoms with van der Waals surface area (Å²) in [6, 6.07) is -0.342. The van der Waals surface area contributed by atoms with E-state index < -0.39 is 11.6 Å². The van der Waals surface area contributed by atoms with Gasteiger partial charge in [0.05, 0.1) is 0 Å². The minimum Gasteiger partial charge on any atom is -0.353 e. The van der Waals surface area contributed by atoms with Gasteiger partial charge in [0.1, 0.15) is 12.1 Å². The number of imide groups is 1. The molecule has 1 atom stereocenters. The number of halogens is 1. The maximum Gasteiger partial charge on any atom is 0.325 e. The fourth-order valence-electron chi connectivity index (χ4n) is 2.44. The Bertz CT molecular complexity index is 413. The molecule has 0 aromatic heterocycles. The molecule has 0 bridgehead atoms. The highest BCUT2D eigenvalue weighted by Gasteiger charge is 2.49. The summed E-state index contributed by atoms with van der Waals surface area (Å²) in [4.78, 5) is 37.1. The molecule has 1 saturated heterocycles. The first kappa shape index (κ1) is 20.7. The minimum atomic E-state index is -0.853. The number of carbonyl (C=O) groups excluding carboxylic acids is 3. The van der Waals surface area contributed by atoms with Crippen molar-refractivity contribution in [2.45, 2.75) is 52.1 Å². The molecular formula is C14H27ClN4O3. The van der Waals surface area contributed by atoms with Gasteiger partial charge in [0, 0.05) is 12.6 Å². The van der Waals surface area contributed by atoms with E-state index in [9.17, 15) is 14.4 Å². The average molecular weight is 335 g/mol. The van der Waals surface area contributed by atoms with E-state index in [4.69, 9.17) is 0 Å². The number of amides is 4. The number of carbonyl (C=O) groups is 3. The molecule has 0 radical (unpaired) electrons. The van der Waals surface area contributed by atoms with Crippen LogP contribution in [0, 0.1) is 0 Å². The molecule has 1 heterocycles. The van der Waals surface area contributed by atoms with Crippen LogP contribution in [0.1, 0.15) is 40.5 Å². The van der Waals surface area contributed by atoms with Gasteiger partial charge < -0.3 is 16.0 Å². The van der Waals surface area contributed by atoms with Crippen LogP contribution < -0.4 is 16.0 Å². The second-order valence-corrected chi connectivity index (χ2v) is 5.37. The fourth-order valence-corrected chi connectivity index (χ4v) is 2.44. The Balaban J connectivity index is 0.00000441. The summed E-state index contributed by atoms with van der Waals surface area (Å²) in [7, 11) is 0. The summed E-state index contributed by atoms with van der Waals surface area (Å²) in [5, 5.41) is 8.59. The first-order valence-corrected chi connectivity index (χ1v) is 7.54. The van der Waals surface area contributed by atoms with Crippen LogP contribution in [0.2, 0.25) is 0 Å². The molecule has 0 aliphatic carbocycles. The molecule has 1 aliphatic rings. The highest BCUT2D eigenvalue weighted by molar-refractivity contribution is 6.08. The number of nitrogens with one attached hydrogen (secondary N) is 3. The summed E-state index contributed by atoms with van der Waals surface area (Å²) >= 11 is 0. The molecule has 22 heavy (non-hydrogen) atoms. The van der Waals surface area contributed by atoms with Crippen molar-refractivity contribution in [3.8, 4) is 0 Å². The monoisotopic (exact) mass is 334 g/mol. The van der Waals surface area contributed by atoms with Crippen molar-refractivity contribution in [2.75, 3.05) is 19.6 Å². The number of hydrogen-bond donors (Lipinski definition) is 3. The number of rotatable bonds is 8. The Labute approximate surface area is 138 Å². The zero-order valence-corrected chi connectivity index (χ0v) is 14.5. The van der Waals surface area contributed by atoms with Crippen LogP contribution in [0.5, 0.6) is 0 Å². The van der Waals surface area contributed by atoms with Crippen molar-refractivity contribution in [1.82, 2.24) is 20.9 Å². The van der Waals surface area contributed by atoms with E-state index in [0.29, 0.717) is 19.4 Å². The Hall–Kier alpha value is -1.34. The van der Waals surface area contributed by atoms with Crippen molar-refractivity contribution >= 4 is 30.3 Å². The SMILES string of the molecule is CCN[C@H](C)CNC(=O)CN1C(=O)NC(CC)(CC)C1=O.Cl. The van der Waals surface area contributed by atoms with Crippen LogP contribution in [0.25, 0.3) is 0 Å². The van der Waals surface area contributed by atoms with Gasteiger partial charge in [0.25, 0.3) is 5.91 Å². The van der Waals surface area contributed by atoms with Crippen LogP contribution in [0.15, 0.2) is 0 Å². The Morgan fingerprint density at radius 1 is 1.27 bits per heavy atom. The second-order valence-electron chi connectivity index (χ2n) is 5.37. The Kier molecular flexibility index (Phi) is 8.40. The van der Waals surface area contributed by atoms with Gasteiger partial charge in [0.15, 0.2) is 0 Å². The number of urea groups is 1. The third-order valence-corrected chi connectivity index (χ3v) is 3.91. The molecule has 7 nitrogen and oxygen atoms in total. The third-order valence-electron chi connectivity index (χ3n) is 3.91. The lowest BCUT2D eigenvalue weighted by atomic mass is 9.93. The zero-order chi connectivity index (χ0) is 16.0. The molecule has 3 N–H and O–H groups in total. The number of likely N-dealkylation sites (N-methyl/N-ethyl adjacent to an activating group) is 1. The third kappa shape index (κ3) is 4.58. The molecule has 1 rings (SSSR count). The molecule has 0 spiro atoms. The Morgan fingerprint density at radius 3 is 2.32 bits per heavy atom. The van der Waals surface area contributed by atoms with Crippen molar-refractivity contribution in [3.63, 3.8) is 0 Å². The van der Waals surface area contributed by atoms with Crippen LogP contribution >= 0.6 is 12.4 Å². The largest absolute Gasteiger partial charge is 0.353 e. The summed E-state index contributed by atoms with van der Waals surface area (Å²) < 4.78 is 0. The van der Waals surface area contributed by atoms with Crippen molar-refractivity contribution < 1.29 is 14.4 Å². The molecular weight excluding hydrogens is 308 g/mol. The van der Waals surface area contributed by atoms with Gasteiger partial charge in [-0.05, 0) is 26.3 Å². The van der Waals surface area contributed by atoms with Gasteiger partial charge in [-0.25, -0.2) is 4.79 Å².